The quantitative estimate of drug-likeness (QED) is 0.685. The van der Waals surface area contributed by atoms with Gasteiger partial charge in [-0.25, -0.2) is 4.39 Å². The van der Waals surface area contributed by atoms with E-state index in [2.05, 4.69) is 10.6 Å². The second kappa shape index (κ2) is 5.50. The molecule has 2 aromatic rings. The summed E-state index contributed by atoms with van der Waals surface area (Å²) in [4.78, 5) is 0. The van der Waals surface area contributed by atoms with Gasteiger partial charge in [0.2, 0.25) is 0 Å². The lowest BCUT2D eigenvalue weighted by molar-refractivity contribution is 0.424. The van der Waals surface area contributed by atoms with Crippen LogP contribution in [-0.2, 0) is 12.1 Å². The number of rotatable bonds is 5. The molecule has 0 spiro atoms. The summed E-state index contributed by atoms with van der Waals surface area (Å²) < 4.78 is 14.2. The highest BCUT2D eigenvalue weighted by molar-refractivity contribution is 5.48. The molecule has 1 aliphatic carbocycles. The minimum atomic E-state index is -0.333. The lowest BCUT2D eigenvalue weighted by Crippen LogP contribution is -2.28. The average molecular weight is 302 g/mol. The van der Waals surface area contributed by atoms with Crippen LogP contribution in [0, 0.1) is 5.82 Å². The summed E-state index contributed by atoms with van der Waals surface area (Å²) >= 11 is 0. The first-order valence-corrected chi connectivity index (χ1v) is 7.28. The van der Waals surface area contributed by atoms with Crippen LogP contribution < -0.4 is 10.6 Å². The SMILES string of the molecule is CNc1cccc(CNC2(c3ccc(O)cc3O)CC2)c1F. The fourth-order valence-corrected chi connectivity index (χ4v) is 2.76. The first-order valence-electron chi connectivity index (χ1n) is 7.28. The maximum Gasteiger partial charge on any atom is 0.150 e. The van der Waals surface area contributed by atoms with Gasteiger partial charge in [0.15, 0.2) is 5.82 Å². The van der Waals surface area contributed by atoms with Crippen molar-refractivity contribution in [2.75, 3.05) is 12.4 Å². The topological polar surface area (TPSA) is 64.5 Å². The third kappa shape index (κ3) is 2.60. The van der Waals surface area contributed by atoms with E-state index in [0.717, 1.165) is 18.4 Å². The van der Waals surface area contributed by atoms with Crippen molar-refractivity contribution in [3.05, 3.63) is 53.3 Å². The average Bonchev–Trinajstić information content (AvgIpc) is 3.27. The predicted octanol–water partition coefficient (Wildman–Crippen LogP) is 3.06. The molecule has 0 unspecified atom stereocenters. The lowest BCUT2D eigenvalue weighted by Gasteiger charge is -2.20. The molecule has 0 saturated heterocycles. The van der Waals surface area contributed by atoms with Gasteiger partial charge >= 0.3 is 0 Å². The molecule has 1 aliphatic rings. The van der Waals surface area contributed by atoms with E-state index in [1.54, 1.807) is 31.3 Å². The fourth-order valence-electron chi connectivity index (χ4n) is 2.76. The number of halogens is 1. The highest BCUT2D eigenvalue weighted by atomic mass is 19.1. The van der Waals surface area contributed by atoms with E-state index in [-0.39, 0.29) is 22.9 Å². The number of hydrogen-bond acceptors (Lipinski definition) is 4. The number of phenols is 2. The second-order valence-electron chi connectivity index (χ2n) is 5.67. The Labute approximate surface area is 128 Å². The number of benzene rings is 2. The summed E-state index contributed by atoms with van der Waals surface area (Å²) in [5, 5.41) is 25.6. The van der Waals surface area contributed by atoms with Gasteiger partial charge < -0.3 is 20.8 Å². The normalized spacial score (nSPS) is 15.5. The molecule has 4 nitrogen and oxygen atoms in total. The fraction of sp³-hybridized carbons (Fsp3) is 0.294. The maximum absolute atomic E-state index is 14.2. The van der Waals surface area contributed by atoms with E-state index in [0.29, 0.717) is 17.8 Å². The van der Waals surface area contributed by atoms with Crippen molar-refractivity contribution in [1.29, 1.82) is 0 Å². The van der Waals surface area contributed by atoms with Crippen LogP contribution in [0.2, 0.25) is 0 Å². The number of anilines is 1. The van der Waals surface area contributed by atoms with E-state index in [1.807, 2.05) is 6.07 Å². The van der Waals surface area contributed by atoms with Crippen LogP contribution in [-0.4, -0.2) is 17.3 Å². The zero-order valence-electron chi connectivity index (χ0n) is 12.4. The van der Waals surface area contributed by atoms with Gasteiger partial charge in [-0.3, -0.25) is 0 Å². The Morgan fingerprint density at radius 1 is 1.18 bits per heavy atom. The predicted molar refractivity (Wildman–Crippen MR) is 83.5 cm³/mol. The largest absolute Gasteiger partial charge is 0.508 e. The molecule has 2 aromatic carbocycles. The van der Waals surface area contributed by atoms with Crippen molar-refractivity contribution < 1.29 is 14.6 Å². The number of phenolic OH excluding ortho intramolecular Hbond substituents is 2. The Bertz CT molecular complexity index is 699. The Morgan fingerprint density at radius 2 is 1.95 bits per heavy atom. The number of aromatic hydroxyl groups is 2. The molecule has 0 heterocycles. The molecule has 0 aliphatic heterocycles. The summed E-state index contributed by atoms with van der Waals surface area (Å²) in [7, 11) is 1.69. The molecule has 5 heteroatoms. The van der Waals surface area contributed by atoms with E-state index in [1.165, 1.54) is 6.07 Å². The van der Waals surface area contributed by atoms with Gasteiger partial charge in [0.1, 0.15) is 11.5 Å². The van der Waals surface area contributed by atoms with E-state index in [9.17, 15) is 14.6 Å². The third-order valence-corrected chi connectivity index (χ3v) is 4.21. The van der Waals surface area contributed by atoms with Crippen LogP contribution in [0.4, 0.5) is 10.1 Å². The molecule has 3 rings (SSSR count). The molecule has 0 radical (unpaired) electrons. The van der Waals surface area contributed by atoms with Gasteiger partial charge in [-0.15, -0.1) is 0 Å². The van der Waals surface area contributed by atoms with Crippen molar-refractivity contribution in [3.8, 4) is 11.5 Å². The molecule has 0 amide bonds. The first-order chi connectivity index (χ1) is 10.6. The number of nitrogens with one attached hydrogen (secondary N) is 2. The zero-order chi connectivity index (χ0) is 15.7. The van der Waals surface area contributed by atoms with Crippen LogP contribution in [0.15, 0.2) is 36.4 Å². The molecule has 0 bridgehead atoms. The molecular formula is C17H19FN2O2. The molecule has 116 valence electrons. The van der Waals surface area contributed by atoms with Crippen LogP contribution in [0.25, 0.3) is 0 Å². The van der Waals surface area contributed by atoms with E-state index in [4.69, 9.17) is 0 Å². The summed E-state index contributed by atoms with van der Waals surface area (Å²) in [6.45, 7) is 0.377. The highest BCUT2D eigenvalue weighted by Crippen LogP contribution is 2.49. The third-order valence-electron chi connectivity index (χ3n) is 4.21. The molecule has 22 heavy (non-hydrogen) atoms. The molecule has 4 N–H and O–H groups in total. The van der Waals surface area contributed by atoms with Crippen molar-refractivity contribution in [1.82, 2.24) is 5.32 Å². The maximum atomic E-state index is 14.2. The summed E-state index contributed by atoms with van der Waals surface area (Å²) in [6, 6.07) is 9.85. The van der Waals surface area contributed by atoms with Crippen molar-refractivity contribution in [2.24, 2.45) is 0 Å². The van der Waals surface area contributed by atoms with Gasteiger partial charge in [-0.2, -0.15) is 0 Å². The van der Waals surface area contributed by atoms with Gasteiger partial charge in [-0.05, 0) is 31.0 Å². The zero-order valence-corrected chi connectivity index (χ0v) is 12.4. The highest BCUT2D eigenvalue weighted by Gasteiger charge is 2.45. The Balaban J connectivity index is 1.79. The smallest absolute Gasteiger partial charge is 0.150 e. The second-order valence-corrected chi connectivity index (χ2v) is 5.67. The lowest BCUT2D eigenvalue weighted by atomic mass is 10.0. The van der Waals surface area contributed by atoms with Crippen molar-refractivity contribution in [2.45, 2.75) is 24.9 Å². The molecular weight excluding hydrogens is 283 g/mol. The van der Waals surface area contributed by atoms with Crippen LogP contribution in [0.1, 0.15) is 24.0 Å². The molecule has 0 aromatic heterocycles. The Kier molecular flexibility index (Phi) is 3.66. The first kappa shape index (κ1) is 14.7. The number of hydrogen-bond donors (Lipinski definition) is 4. The van der Waals surface area contributed by atoms with Gasteiger partial charge in [0, 0.05) is 36.3 Å². The van der Waals surface area contributed by atoms with Crippen molar-refractivity contribution in [3.63, 3.8) is 0 Å². The van der Waals surface area contributed by atoms with Crippen LogP contribution in [0.5, 0.6) is 11.5 Å². The van der Waals surface area contributed by atoms with Gasteiger partial charge in [-0.1, -0.05) is 12.1 Å². The summed E-state index contributed by atoms with van der Waals surface area (Å²) in [5.41, 5.74) is 1.46. The molecule has 0 atom stereocenters. The van der Waals surface area contributed by atoms with Gasteiger partial charge in [0.05, 0.1) is 5.69 Å². The van der Waals surface area contributed by atoms with Crippen LogP contribution in [0.3, 0.4) is 0 Å². The van der Waals surface area contributed by atoms with Gasteiger partial charge in [0.25, 0.3) is 0 Å². The molecule has 1 saturated carbocycles. The summed E-state index contributed by atoms with van der Waals surface area (Å²) in [5.74, 6) is -0.164. The summed E-state index contributed by atoms with van der Waals surface area (Å²) in [6.07, 6.45) is 1.75. The Morgan fingerprint density at radius 3 is 2.59 bits per heavy atom. The van der Waals surface area contributed by atoms with E-state index < -0.39 is 0 Å². The van der Waals surface area contributed by atoms with Crippen molar-refractivity contribution >= 4 is 5.69 Å². The Hall–Kier alpha value is -2.27. The monoisotopic (exact) mass is 302 g/mol. The van der Waals surface area contributed by atoms with Crippen LogP contribution >= 0.6 is 0 Å². The standard InChI is InChI=1S/C17H19FN2O2/c1-19-14-4-2-3-11(16(14)18)10-20-17(7-8-17)13-6-5-12(21)9-15(13)22/h2-6,9,19-22H,7-8,10H2,1H3. The minimum Gasteiger partial charge on any atom is -0.508 e. The molecule has 1 fully saturated rings. The minimum absolute atomic E-state index is 0.0322. The van der Waals surface area contributed by atoms with E-state index >= 15 is 0 Å².